The molecule has 2 heterocycles. The summed E-state index contributed by atoms with van der Waals surface area (Å²) < 4.78 is 0. The molecule has 0 saturated carbocycles. The van der Waals surface area contributed by atoms with Crippen molar-refractivity contribution in [1.82, 2.24) is 9.91 Å². The molecule has 3 nitrogen and oxygen atoms in total. The first-order valence-electron chi connectivity index (χ1n) is 7.67. The van der Waals surface area contributed by atoms with E-state index >= 15 is 0 Å². The number of likely N-dealkylation sites (tertiary alicyclic amines) is 1. The van der Waals surface area contributed by atoms with Crippen LogP contribution < -0.4 is 5.84 Å². The number of nitrogens with zero attached hydrogens (tertiary/aromatic N) is 2. The molecule has 2 N–H and O–H groups in total. The van der Waals surface area contributed by atoms with Crippen LogP contribution >= 0.6 is 0 Å². The number of nitrogens with two attached hydrogens (primary N) is 1. The molecule has 2 fully saturated rings. The van der Waals surface area contributed by atoms with Crippen molar-refractivity contribution in [1.29, 1.82) is 0 Å². The quantitative estimate of drug-likeness (QED) is 0.767. The van der Waals surface area contributed by atoms with Crippen molar-refractivity contribution in [3.63, 3.8) is 0 Å². The maximum Gasteiger partial charge on any atom is 0.0131 e. The Morgan fingerprint density at radius 3 is 2.00 bits per heavy atom. The third-order valence-corrected chi connectivity index (χ3v) is 4.98. The van der Waals surface area contributed by atoms with Crippen molar-refractivity contribution in [2.24, 2.45) is 23.1 Å². The maximum atomic E-state index is 5.82. The Balaban J connectivity index is 1.70. The van der Waals surface area contributed by atoms with Gasteiger partial charge in [0.25, 0.3) is 0 Å². The minimum Gasteiger partial charge on any atom is -0.303 e. The molecule has 2 aliphatic rings. The van der Waals surface area contributed by atoms with Crippen LogP contribution in [0.5, 0.6) is 0 Å². The average molecular weight is 253 g/mol. The number of hydrogen-bond donors (Lipinski definition) is 1. The van der Waals surface area contributed by atoms with Crippen molar-refractivity contribution in [3.8, 4) is 0 Å². The van der Waals surface area contributed by atoms with Gasteiger partial charge in [-0.1, -0.05) is 20.8 Å². The summed E-state index contributed by atoms with van der Waals surface area (Å²) >= 11 is 0. The van der Waals surface area contributed by atoms with Gasteiger partial charge in [-0.15, -0.1) is 0 Å². The Bertz CT molecular complexity index is 243. The van der Waals surface area contributed by atoms with Crippen molar-refractivity contribution >= 4 is 0 Å². The van der Waals surface area contributed by atoms with E-state index in [2.05, 4.69) is 25.7 Å². The standard InChI is InChI=1S/C15H31N3/c1-15(2,3)14-6-8-17(9-7-14)12-13-4-10-18(16)11-5-13/h13-14H,4-12,16H2,1-3H3. The molecule has 0 unspecified atom stereocenters. The fourth-order valence-corrected chi connectivity index (χ4v) is 3.48. The number of rotatable bonds is 2. The Hall–Kier alpha value is -0.120. The fourth-order valence-electron chi connectivity index (χ4n) is 3.48. The van der Waals surface area contributed by atoms with Gasteiger partial charge in [-0.25, -0.2) is 5.01 Å². The van der Waals surface area contributed by atoms with E-state index < -0.39 is 0 Å². The Kier molecular flexibility index (Phi) is 4.68. The van der Waals surface area contributed by atoms with Crippen LogP contribution in [0.25, 0.3) is 0 Å². The van der Waals surface area contributed by atoms with E-state index in [0.717, 1.165) is 24.9 Å². The summed E-state index contributed by atoms with van der Waals surface area (Å²) in [6.45, 7) is 13.3. The van der Waals surface area contributed by atoms with Crippen LogP contribution in [0.2, 0.25) is 0 Å². The first-order valence-corrected chi connectivity index (χ1v) is 7.67. The Labute approximate surface area is 113 Å². The molecule has 0 atom stereocenters. The molecule has 0 aromatic rings. The summed E-state index contributed by atoms with van der Waals surface area (Å²) in [6.07, 6.45) is 5.35. The number of hydrogen-bond acceptors (Lipinski definition) is 3. The third kappa shape index (κ3) is 3.94. The molecule has 2 aliphatic heterocycles. The zero-order valence-corrected chi connectivity index (χ0v) is 12.5. The van der Waals surface area contributed by atoms with E-state index in [1.807, 2.05) is 5.01 Å². The molecule has 2 rings (SSSR count). The zero-order valence-electron chi connectivity index (χ0n) is 12.5. The summed E-state index contributed by atoms with van der Waals surface area (Å²) in [5, 5.41) is 1.97. The van der Waals surface area contributed by atoms with Gasteiger partial charge >= 0.3 is 0 Å². The summed E-state index contributed by atoms with van der Waals surface area (Å²) in [5.74, 6) is 7.62. The van der Waals surface area contributed by atoms with Crippen LogP contribution in [-0.4, -0.2) is 42.6 Å². The van der Waals surface area contributed by atoms with Crippen LogP contribution in [-0.2, 0) is 0 Å². The monoisotopic (exact) mass is 253 g/mol. The normalized spacial score (nSPS) is 26.7. The van der Waals surface area contributed by atoms with E-state index in [0.29, 0.717) is 5.41 Å². The second-order valence-corrected chi connectivity index (χ2v) is 7.42. The Morgan fingerprint density at radius 2 is 1.50 bits per heavy atom. The van der Waals surface area contributed by atoms with Gasteiger partial charge < -0.3 is 4.90 Å². The molecule has 0 aromatic carbocycles. The average Bonchev–Trinajstić information content (AvgIpc) is 2.32. The molecule has 0 spiro atoms. The lowest BCUT2D eigenvalue weighted by Gasteiger charge is -2.40. The molecule has 2 saturated heterocycles. The molecule has 3 heteroatoms. The first kappa shape index (κ1) is 14.3. The van der Waals surface area contributed by atoms with E-state index in [9.17, 15) is 0 Å². The number of piperidine rings is 2. The first-order chi connectivity index (χ1) is 8.45. The van der Waals surface area contributed by atoms with Gasteiger partial charge in [-0.2, -0.15) is 0 Å². The van der Waals surface area contributed by atoms with Crippen LogP contribution in [0.3, 0.4) is 0 Å². The second kappa shape index (κ2) is 5.89. The zero-order chi connectivity index (χ0) is 13.2. The van der Waals surface area contributed by atoms with E-state index in [4.69, 9.17) is 5.84 Å². The van der Waals surface area contributed by atoms with Gasteiger partial charge in [-0.05, 0) is 56.0 Å². The van der Waals surface area contributed by atoms with E-state index in [-0.39, 0.29) is 0 Å². The highest BCUT2D eigenvalue weighted by molar-refractivity contribution is 4.82. The van der Waals surface area contributed by atoms with Crippen molar-refractivity contribution in [2.75, 3.05) is 32.7 Å². The number of hydrazine groups is 1. The van der Waals surface area contributed by atoms with Crippen LogP contribution in [0.1, 0.15) is 46.5 Å². The minimum atomic E-state index is 0.497. The van der Waals surface area contributed by atoms with Gasteiger partial charge in [0.1, 0.15) is 0 Å². The molecule has 0 amide bonds. The maximum absolute atomic E-state index is 5.82. The molecule has 0 aliphatic carbocycles. The van der Waals surface area contributed by atoms with Crippen molar-refractivity contribution < 1.29 is 0 Å². The summed E-state index contributed by atoms with van der Waals surface area (Å²) in [6, 6.07) is 0. The van der Waals surface area contributed by atoms with E-state index in [1.54, 1.807) is 0 Å². The highest BCUT2D eigenvalue weighted by atomic mass is 15.4. The predicted molar refractivity (Wildman–Crippen MR) is 77.1 cm³/mol. The van der Waals surface area contributed by atoms with Gasteiger partial charge in [-0.3, -0.25) is 5.84 Å². The second-order valence-electron chi connectivity index (χ2n) is 7.42. The van der Waals surface area contributed by atoms with Gasteiger partial charge in [0, 0.05) is 19.6 Å². The predicted octanol–water partition coefficient (Wildman–Crippen LogP) is 2.33. The summed E-state index contributed by atoms with van der Waals surface area (Å²) in [7, 11) is 0. The molecular weight excluding hydrogens is 222 g/mol. The molecular formula is C15H31N3. The Morgan fingerprint density at radius 1 is 0.944 bits per heavy atom. The van der Waals surface area contributed by atoms with Crippen LogP contribution in [0, 0.1) is 17.3 Å². The summed E-state index contributed by atoms with van der Waals surface area (Å²) in [4.78, 5) is 2.69. The topological polar surface area (TPSA) is 32.5 Å². The van der Waals surface area contributed by atoms with Crippen molar-refractivity contribution in [2.45, 2.75) is 46.5 Å². The highest BCUT2D eigenvalue weighted by Crippen LogP contribution is 2.34. The summed E-state index contributed by atoms with van der Waals surface area (Å²) in [5.41, 5.74) is 0.497. The van der Waals surface area contributed by atoms with Crippen molar-refractivity contribution in [3.05, 3.63) is 0 Å². The van der Waals surface area contributed by atoms with Gasteiger partial charge in [0.15, 0.2) is 0 Å². The SMILES string of the molecule is CC(C)(C)C1CCN(CC2CCN(N)CC2)CC1. The van der Waals surface area contributed by atoms with E-state index in [1.165, 1.54) is 45.3 Å². The minimum absolute atomic E-state index is 0.497. The lowest BCUT2D eigenvalue weighted by Crippen LogP contribution is -2.44. The lowest BCUT2D eigenvalue weighted by atomic mass is 9.75. The highest BCUT2D eigenvalue weighted by Gasteiger charge is 2.29. The van der Waals surface area contributed by atoms with Gasteiger partial charge in [0.05, 0.1) is 0 Å². The smallest absolute Gasteiger partial charge is 0.0131 e. The molecule has 0 bridgehead atoms. The molecule has 0 aromatic heterocycles. The fraction of sp³-hybridized carbons (Fsp3) is 1.00. The lowest BCUT2D eigenvalue weighted by molar-refractivity contribution is 0.0847. The van der Waals surface area contributed by atoms with Gasteiger partial charge in [0.2, 0.25) is 0 Å². The van der Waals surface area contributed by atoms with Crippen LogP contribution in [0.4, 0.5) is 0 Å². The molecule has 0 radical (unpaired) electrons. The largest absolute Gasteiger partial charge is 0.303 e. The molecule has 106 valence electrons. The molecule has 18 heavy (non-hydrogen) atoms. The third-order valence-electron chi connectivity index (χ3n) is 4.98. The van der Waals surface area contributed by atoms with Crippen LogP contribution in [0.15, 0.2) is 0 Å².